The molecular formula is C21H20N6O3. The fraction of sp³-hybridized carbons (Fsp3) is 0.190. The summed E-state index contributed by atoms with van der Waals surface area (Å²) in [4.78, 5) is 25.7. The molecule has 0 radical (unpaired) electrons. The van der Waals surface area contributed by atoms with Crippen LogP contribution in [0.2, 0.25) is 0 Å². The van der Waals surface area contributed by atoms with E-state index in [0.717, 1.165) is 33.8 Å². The maximum Gasteiger partial charge on any atom is 0.421 e. The molecule has 2 aromatic carbocycles. The number of carbonyl (C=O) groups is 2. The third-order valence-corrected chi connectivity index (χ3v) is 4.72. The number of ether oxygens (including phenoxy) is 1. The van der Waals surface area contributed by atoms with Crippen LogP contribution in [-0.2, 0) is 16.0 Å². The maximum atomic E-state index is 12.4. The Hall–Kier alpha value is -4.01. The van der Waals surface area contributed by atoms with Gasteiger partial charge in [0.2, 0.25) is 11.7 Å². The highest BCUT2D eigenvalue weighted by Crippen LogP contribution is 2.29. The molecule has 1 aliphatic heterocycles. The first-order valence-electron chi connectivity index (χ1n) is 9.53. The van der Waals surface area contributed by atoms with E-state index in [0.29, 0.717) is 11.5 Å². The predicted molar refractivity (Wildman–Crippen MR) is 111 cm³/mol. The zero-order valence-corrected chi connectivity index (χ0v) is 16.3. The average Bonchev–Trinajstić information content (AvgIpc) is 3.40. The van der Waals surface area contributed by atoms with Crippen LogP contribution in [0.3, 0.4) is 0 Å². The summed E-state index contributed by atoms with van der Waals surface area (Å²) in [6.45, 7) is 2.05. The number of tetrazole rings is 1. The molecule has 0 bridgehead atoms. The van der Waals surface area contributed by atoms with Gasteiger partial charge in [0, 0.05) is 16.9 Å². The lowest BCUT2D eigenvalue weighted by molar-refractivity contribution is -0.116. The van der Waals surface area contributed by atoms with Crippen molar-refractivity contribution in [2.45, 2.75) is 19.8 Å². The number of amides is 2. The number of hydrogen-bond acceptors (Lipinski definition) is 7. The fourth-order valence-corrected chi connectivity index (χ4v) is 3.19. The summed E-state index contributed by atoms with van der Waals surface area (Å²) in [6.07, 6.45) is 2.05. The molecule has 2 amide bonds. The largest absolute Gasteiger partial charge is 0.445 e. The molecule has 9 heteroatoms. The Balaban J connectivity index is 1.36. The van der Waals surface area contributed by atoms with Gasteiger partial charge in [-0.05, 0) is 53.6 Å². The first kappa shape index (κ1) is 19.3. The standard InChI is InChI=1S/C21H20N6O3/c1-2-16(22-17-9-7-14(8-10-17)20-23-25-26-24-20)11-12-30-21(29)27-18-6-4-3-5-15(18)13-19(27)28/h3-11,22H,2,12-13H2,1H3,(H,23,24,25,26). The summed E-state index contributed by atoms with van der Waals surface area (Å²) in [7, 11) is 0. The molecule has 0 saturated carbocycles. The summed E-state index contributed by atoms with van der Waals surface area (Å²) in [5, 5.41) is 17.2. The first-order valence-corrected chi connectivity index (χ1v) is 9.53. The number of nitrogens with one attached hydrogen (secondary N) is 2. The van der Waals surface area contributed by atoms with Gasteiger partial charge in [0.15, 0.2) is 0 Å². The van der Waals surface area contributed by atoms with Crippen molar-refractivity contribution in [2.24, 2.45) is 0 Å². The number of H-pyrrole nitrogens is 1. The van der Waals surface area contributed by atoms with Crippen molar-refractivity contribution in [1.82, 2.24) is 20.6 Å². The van der Waals surface area contributed by atoms with Crippen molar-refractivity contribution >= 4 is 23.4 Å². The molecule has 0 saturated heterocycles. The van der Waals surface area contributed by atoms with Gasteiger partial charge in [-0.2, -0.15) is 5.21 Å². The number of nitrogens with zero attached hydrogens (tertiary/aromatic N) is 4. The van der Waals surface area contributed by atoms with Crippen LogP contribution in [0.5, 0.6) is 0 Å². The number of hydrogen-bond donors (Lipinski definition) is 2. The summed E-state index contributed by atoms with van der Waals surface area (Å²) < 4.78 is 5.31. The van der Waals surface area contributed by atoms with Crippen LogP contribution in [0.1, 0.15) is 18.9 Å². The molecule has 0 atom stereocenters. The van der Waals surface area contributed by atoms with E-state index in [9.17, 15) is 9.59 Å². The van der Waals surface area contributed by atoms with Crippen LogP contribution in [0, 0.1) is 0 Å². The van der Waals surface area contributed by atoms with E-state index in [2.05, 4.69) is 25.9 Å². The predicted octanol–water partition coefficient (Wildman–Crippen LogP) is 3.30. The SMILES string of the molecule is CCC(=CCOC(=O)N1C(=O)Cc2ccccc21)Nc1ccc(-c2nn[nH]n2)cc1. The third kappa shape index (κ3) is 4.04. The molecule has 0 unspecified atom stereocenters. The molecule has 1 aliphatic rings. The molecule has 2 heterocycles. The number of fused-ring (bicyclic) bond motifs is 1. The van der Waals surface area contributed by atoms with E-state index in [-0.39, 0.29) is 18.9 Å². The number of para-hydroxylation sites is 1. The maximum absolute atomic E-state index is 12.4. The molecule has 0 aliphatic carbocycles. The number of carbonyl (C=O) groups excluding carboxylic acids is 2. The van der Waals surface area contributed by atoms with Crippen molar-refractivity contribution in [2.75, 3.05) is 16.8 Å². The number of aromatic amines is 1. The minimum absolute atomic E-state index is 0.0574. The van der Waals surface area contributed by atoms with Crippen LogP contribution in [0.25, 0.3) is 11.4 Å². The summed E-state index contributed by atoms with van der Waals surface area (Å²) in [5.74, 6) is 0.249. The zero-order chi connectivity index (χ0) is 20.9. The molecule has 0 fully saturated rings. The zero-order valence-electron chi connectivity index (χ0n) is 16.3. The molecule has 3 aromatic rings. The van der Waals surface area contributed by atoms with Gasteiger partial charge < -0.3 is 10.1 Å². The van der Waals surface area contributed by atoms with Gasteiger partial charge in [-0.15, -0.1) is 10.2 Å². The van der Waals surface area contributed by atoms with Gasteiger partial charge in [-0.3, -0.25) is 4.79 Å². The number of imide groups is 1. The van der Waals surface area contributed by atoms with E-state index < -0.39 is 6.09 Å². The Bertz CT molecular complexity index is 1080. The lowest BCUT2D eigenvalue weighted by atomic mass is 10.2. The minimum Gasteiger partial charge on any atom is -0.445 e. The number of allylic oxidation sites excluding steroid dienone is 1. The van der Waals surface area contributed by atoms with Crippen LogP contribution < -0.4 is 10.2 Å². The Kier molecular flexibility index (Phi) is 5.51. The molecule has 4 rings (SSSR count). The van der Waals surface area contributed by atoms with Crippen molar-refractivity contribution in [1.29, 1.82) is 0 Å². The van der Waals surface area contributed by atoms with Crippen LogP contribution in [-0.4, -0.2) is 39.2 Å². The van der Waals surface area contributed by atoms with Crippen LogP contribution in [0.4, 0.5) is 16.2 Å². The van der Waals surface area contributed by atoms with E-state index in [1.165, 1.54) is 0 Å². The summed E-state index contributed by atoms with van der Waals surface area (Å²) in [5.41, 5.74) is 4.04. The Labute approximate surface area is 172 Å². The van der Waals surface area contributed by atoms with Crippen LogP contribution >= 0.6 is 0 Å². The molecule has 1 aromatic heterocycles. The minimum atomic E-state index is -0.666. The Morgan fingerprint density at radius 2 is 2.03 bits per heavy atom. The van der Waals surface area contributed by atoms with Gasteiger partial charge in [0.1, 0.15) is 6.61 Å². The molecule has 2 N–H and O–H groups in total. The van der Waals surface area contributed by atoms with Gasteiger partial charge in [0.05, 0.1) is 12.1 Å². The Morgan fingerprint density at radius 1 is 1.23 bits per heavy atom. The van der Waals surface area contributed by atoms with E-state index in [1.807, 2.05) is 43.3 Å². The van der Waals surface area contributed by atoms with Gasteiger partial charge >= 0.3 is 6.09 Å². The second-order valence-corrected chi connectivity index (χ2v) is 6.63. The average molecular weight is 404 g/mol. The number of anilines is 2. The van der Waals surface area contributed by atoms with Crippen LogP contribution in [0.15, 0.2) is 60.3 Å². The summed E-state index contributed by atoms with van der Waals surface area (Å²) >= 11 is 0. The van der Waals surface area contributed by atoms with E-state index in [1.54, 1.807) is 18.2 Å². The van der Waals surface area contributed by atoms with Crippen molar-refractivity contribution < 1.29 is 14.3 Å². The molecular weight excluding hydrogens is 384 g/mol. The fourth-order valence-electron chi connectivity index (χ4n) is 3.19. The van der Waals surface area contributed by atoms with Crippen molar-refractivity contribution in [3.63, 3.8) is 0 Å². The van der Waals surface area contributed by atoms with E-state index in [4.69, 9.17) is 4.74 Å². The number of rotatable bonds is 6. The number of benzene rings is 2. The Morgan fingerprint density at radius 3 is 2.77 bits per heavy atom. The molecule has 9 nitrogen and oxygen atoms in total. The van der Waals surface area contributed by atoms with Crippen molar-refractivity contribution in [3.8, 4) is 11.4 Å². The summed E-state index contributed by atoms with van der Waals surface area (Å²) in [6, 6.07) is 14.8. The number of aromatic nitrogens is 4. The van der Waals surface area contributed by atoms with E-state index >= 15 is 0 Å². The lowest BCUT2D eigenvalue weighted by Crippen LogP contribution is -2.34. The quantitative estimate of drug-likeness (QED) is 0.648. The molecule has 0 spiro atoms. The highest BCUT2D eigenvalue weighted by atomic mass is 16.6. The third-order valence-electron chi connectivity index (χ3n) is 4.72. The van der Waals surface area contributed by atoms with Gasteiger partial charge in [-0.25, -0.2) is 9.69 Å². The van der Waals surface area contributed by atoms with Crippen molar-refractivity contribution in [3.05, 3.63) is 65.9 Å². The second kappa shape index (κ2) is 8.56. The van der Waals surface area contributed by atoms with Gasteiger partial charge in [0.25, 0.3) is 0 Å². The topological polar surface area (TPSA) is 113 Å². The normalized spacial score (nSPS) is 13.3. The second-order valence-electron chi connectivity index (χ2n) is 6.63. The lowest BCUT2D eigenvalue weighted by Gasteiger charge is -2.15. The molecule has 152 valence electrons. The molecule has 30 heavy (non-hydrogen) atoms. The smallest absolute Gasteiger partial charge is 0.421 e. The highest BCUT2D eigenvalue weighted by molar-refractivity contribution is 6.17. The monoisotopic (exact) mass is 404 g/mol. The van der Waals surface area contributed by atoms with Gasteiger partial charge in [-0.1, -0.05) is 25.1 Å². The highest BCUT2D eigenvalue weighted by Gasteiger charge is 2.33. The first-order chi connectivity index (χ1) is 14.7.